The first-order valence-electron chi connectivity index (χ1n) is 10.7. The third-order valence-corrected chi connectivity index (χ3v) is 6.72. The van der Waals surface area contributed by atoms with Crippen LogP contribution in [0, 0.1) is 0 Å². The smallest absolute Gasteiger partial charge is 0.349 e. The van der Waals surface area contributed by atoms with E-state index in [0.717, 1.165) is 14.8 Å². The van der Waals surface area contributed by atoms with Crippen molar-refractivity contribution in [3.8, 4) is 11.4 Å². The second-order valence-electron chi connectivity index (χ2n) is 7.69. The van der Waals surface area contributed by atoms with Gasteiger partial charge in [0.05, 0.1) is 22.6 Å². The van der Waals surface area contributed by atoms with Gasteiger partial charge in [0.15, 0.2) is 5.82 Å². The number of thioether (sulfide) groups is 1. The van der Waals surface area contributed by atoms with Crippen molar-refractivity contribution in [1.29, 1.82) is 0 Å². The minimum Gasteiger partial charge on any atom is -0.349 e. The Kier molecular flexibility index (Phi) is 6.74. The largest absolute Gasteiger partial charge is 0.439 e. The molecule has 36 heavy (non-hydrogen) atoms. The molecule has 0 spiro atoms. The molecule has 0 saturated heterocycles. The van der Waals surface area contributed by atoms with Crippen molar-refractivity contribution in [3.63, 3.8) is 0 Å². The fourth-order valence-electron chi connectivity index (χ4n) is 3.59. The molecule has 0 fully saturated rings. The Morgan fingerprint density at radius 3 is 2.56 bits per heavy atom. The fraction of sp³-hybridized carbons (Fsp3) is 0.0400. The molecule has 180 valence electrons. The number of para-hydroxylation sites is 1. The molecule has 5 aromatic rings. The van der Waals surface area contributed by atoms with Crippen LogP contribution in [0.4, 0.5) is 11.4 Å². The monoisotopic (exact) mass is 563 g/mol. The van der Waals surface area contributed by atoms with E-state index in [-0.39, 0.29) is 17.5 Å². The molecule has 0 aliphatic carbocycles. The number of amides is 2. The molecule has 2 aromatic heterocycles. The SMILES string of the molecule is O=C(CSc1ccccc1)Nc1cccc2cc(C(=O)Nc3ccc(Br)cc3-c3noc(=O)[nH]3)[nH]c12. The average molecular weight is 564 g/mol. The van der Waals surface area contributed by atoms with Crippen LogP contribution in [0.2, 0.25) is 0 Å². The van der Waals surface area contributed by atoms with E-state index in [1.165, 1.54) is 11.8 Å². The summed E-state index contributed by atoms with van der Waals surface area (Å²) < 4.78 is 5.33. The summed E-state index contributed by atoms with van der Waals surface area (Å²) in [4.78, 5) is 43.6. The Morgan fingerprint density at radius 1 is 0.944 bits per heavy atom. The minimum absolute atomic E-state index is 0.155. The summed E-state index contributed by atoms with van der Waals surface area (Å²) in [6.45, 7) is 0. The summed E-state index contributed by atoms with van der Waals surface area (Å²) in [6, 6.07) is 22.0. The third kappa shape index (κ3) is 5.26. The van der Waals surface area contributed by atoms with Crippen LogP contribution in [0.25, 0.3) is 22.3 Å². The van der Waals surface area contributed by atoms with Gasteiger partial charge in [0.2, 0.25) is 5.91 Å². The van der Waals surface area contributed by atoms with Crippen LogP contribution >= 0.6 is 27.7 Å². The molecule has 0 saturated carbocycles. The topological polar surface area (TPSA) is 133 Å². The second kappa shape index (κ2) is 10.3. The molecule has 0 unspecified atom stereocenters. The first-order valence-corrected chi connectivity index (χ1v) is 12.5. The molecular weight excluding hydrogens is 546 g/mol. The summed E-state index contributed by atoms with van der Waals surface area (Å²) in [6.07, 6.45) is 0. The number of halogens is 1. The number of aromatic nitrogens is 3. The van der Waals surface area contributed by atoms with Gasteiger partial charge in [-0.1, -0.05) is 51.4 Å². The number of hydrogen-bond acceptors (Lipinski definition) is 6. The number of carbonyl (C=O) groups is 2. The van der Waals surface area contributed by atoms with Crippen molar-refractivity contribution in [2.45, 2.75) is 4.90 Å². The van der Waals surface area contributed by atoms with Crippen molar-refractivity contribution in [2.24, 2.45) is 0 Å². The van der Waals surface area contributed by atoms with E-state index in [2.05, 4.69) is 46.2 Å². The highest BCUT2D eigenvalue weighted by Gasteiger charge is 2.17. The maximum atomic E-state index is 13.1. The van der Waals surface area contributed by atoms with Crippen LogP contribution in [0.3, 0.4) is 0 Å². The van der Waals surface area contributed by atoms with Crippen LogP contribution in [0.15, 0.2) is 91.5 Å². The standard InChI is InChI=1S/C25H18BrN5O4S/c26-15-9-10-18(17(12-15)23-30-25(34)35-31-23)29-24(33)20-11-14-5-4-8-19(22(14)28-20)27-21(32)13-36-16-6-2-1-3-7-16/h1-12,28H,13H2,(H,27,32)(H,29,33)(H,30,31,34). The highest BCUT2D eigenvalue weighted by molar-refractivity contribution is 9.10. The highest BCUT2D eigenvalue weighted by atomic mass is 79.9. The summed E-state index contributed by atoms with van der Waals surface area (Å²) in [5.41, 5.74) is 2.42. The molecule has 11 heteroatoms. The normalized spacial score (nSPS) is 10.9. The van der Waals surface area contributed by atoms with Gasteiger partial charge in [-0.3, -0.25) is 19.1 Å². The molecule has 4 N–H and O–H groups in total. The van der Waals surface area contributed by atoms with Crippen LogP contribution < -0.4 is 16.4 Å². The number of carbonyl (C=O) groups excluding carboxylic acids is 2. The number of benzene rings is 3. The van der Waals surface area contributed by atoms with Crippen molar-refractivity contribution in [2.75, 3.05) is 16.4 Å². The average Bonchev–Trinajstić information content (AvgIpc) is 3.51. The van der Waals surface area contributed by atoms with E-state index in [4.69, 9.17) is 0 Å². The Morgan fingerprint density at radius 2 is 1.78 bits per heavy atom. The number of fused-ring (bicyclic) bond motifs is 1. The van der Waals surface area contributed by atoms with Crippen LogP contribution in [-0.4, -0.2) is 32.7 Å². The maximum absolute atomic E-state index is 13.1. The lowest BCUT2D eigenvalue weighted by Gasteiger charge is -2.09. The van der Waals surface area contributed by atoms with Gasteiger partial charge >= 0.3 is 5.76 Å². The Labute approximate surface area is 216 Å². The number of anilines is 2. The molecule has 3 aromatic carbocycles. The lowest BCUT2D eigenvalue weighted by Crippen LogP contribution is -2.14. The summed E-state index contributed by atoms with van der Waals surface area (Å²) in [7, 11) is 0. The van der Waals surface area contributed by atoms with E-state index < -0.39 is 11.7 Å². The summed E-state index contributed by atoms with van der Waals surface area (Å²) in [5, 5.41) is 10.2. The van der Waals surface area contributed by atoms with Gasteiger partial charge < -0.3 is 15.6 Å². The van der Waals surface area contributed by atoms with Gasteiger partial charge in [-0.15, -0.1) is 11.8 Å². The molecule has 0 radical (unpaired) electrons. The molecular formula is C25H18BrN5O4S. The molecule has 2 amide bonds. The maximum Gasteiger partial charge on any atom is 0.439 e. The Bertz CT molecular complexity index is 1630. The highest BCUT2D eigenvalue weighted by Crippen LogP contribution is 2.30. The van der Waals surface area contributed by atoms with Gasteiger partial charge in [-0.2, -0.15) is 0 Å². The van der Waals surface area contributed by atoms with E-state index in [0.29, 0.717) is 28.1 Å². The zero-order chi connectivity index (χ0) is 25.1. The van der Waals surface area contributed by atoms with Gasteiger partial charge in [0.1, 0.15) is 5.69 Å². The van der Waals surface area contributed by atoms with Crippen LogP contribution in [0.5, 0.6) is 0 Å². The zero-order valence-corrected chi connectivity index (χ0v) is 20.9. The van der Waals surface area contributed by atoms with Crippen LogP contribution in [-0.2, 0) is 4.79 Å². The molecule has 5 rings (SSSR count). The fourth-order valence-corrected chi connectivity index (χ4v) is 4.67. The van der Waals surface area contributed by atoms with Gasteiger partial charge in [0.25, 0.3) is 5.91 Å². The van der Waals surface area contributed by atoms with Crippen molar-refractivity contribution < 1.29 is 14.1 Å². The first-order chi connectivity index (χ1) is 17.5. The number of nitrogens with one attached hydrogen (secondary N) is 4. The quantitative estimate of drug-likeness (QED) is 0.200. The van der Waals surface area contributed by atoms with E-state index in [1.54, 1.807) is 30.3 Å². The van der Waals surface area contributed by atoms with Crippen molar-refractivity contribution in [3.05, 3.63) is 93.5 Å². The number of hydrogen-bond donors (Lipinski definition) is 4. The van der Waals surface area contributed by atoms with E-state index in [9.17, 15) is 14.4 Å². The van der Waals surface area contributed by atoms with Gasteiger partial charge in [0, 0.05) is 20.3 Å². The number of aromatic amines is 2. The molecule has 0 atom stereocenters. The van der Waals surface area contributed by atoms with Gasteiger partial charge in [-0.25, -0.2) is 4.79 Å². The molecule has 0 bridgehead atoms. The first kappa shape index (κ1) is 23.6. The lowest BCUT2D eigenvalue weighted by molar-refractivity contribution is -0.113. The predicted octanol–water partition coefficient (Wildman–Crippen LogP) is 5.26. The van der Waals surface area contributed by atoms with E-state index >= 15 is 0 Å². The molecule has 0 aliphatic heterocycles. The van der Waals surface area contributed by atoms with Crippen LogP contribution in [0.1, 0.15) is 10.5 Å². The Hall–Kier alpha value is -4.09. The Balaban J connectivity index is 1.35. The zero-order valence-electron chi connectivity index (χ0n) is 18.5. The summed E-state index contributed by atoms with van der Waals surface area (Å²) >= 11 is 4.82. The number of nitrogens with zero attached hydrogens (tertiary/aromatic N) is 1. The second-order valence-corrected chi connectivity index (χ2v) is 9.65. The number of rotatable bonds is 7. The minimum atomic E-state index is -0.699. The predicted molar refractivity (Wildman–Crippen MR) is 142 cm³/mol. The van der Waals surface area contributed by atoms with Gasteiger partial charge in [-0.05, 0) is 42.5 Å². The molecule has 9 nitrogen and oxygen atoms in total. The number of H-pyrrole nitrogens is 2. The molecule has 2 heterocycles. The molecule has 0 aliphatic rings. The third-order valence-electron chi connectivity index (χ3n) is 5.21. The van der Waals surface area contributed by atoms with Crippen molar-refractivity contribution >= 4 is 61.8 Å². The summed E-state index contributed by atoms with van der Waals surface area (Å²) in [5.74, 6) is -0.817. The lowest BCUT2D eigenvalue weighted by atomic mass is 10.1. The van der Waals surface area contributed by atoms with Crippen molar-refractivity contribution in [1.82, 2.24) is 15.1 Å². The van der Waals surface area contributed by atoms with E-state index in [1.807, 2.05) is 42.5 Å².